The van der Waals surface area contributed by atoms with Crippen molar-refractivity contribution in [1.29, 1.82) is 0 Å². The topological polar surface area (TPSA) is 65.1 Å². The van der Waals surface area contributed by atoms with Crippen molar-refractivity contribution in [3.63, 3.8) is 0 Å². The maximum atomic E-state index is 13.6. The summed E-state index contributed by atoms with van der Waals surface area (Å²) < 4.78 is 103. The van der Waals surface area contributed by atoms with Crippen molar-refractivity contribution in [2.24, 2.45) is 0 Å². The van der Waals surface area contributed by atoms with Gasteiger partial charge in [0, 0.05) is 29.9 Å². The van der Waals surface area contributed by atoms with Crippen LogP contribution >= 0.6 is 0 Å². The molecule has 0 N–H and O–H groups in total. The highest BCUT2D eigenvalue weighted by Gasteiger charge is 2.59. The first-order valence-electron chi connectivity index (χ1n) is 7.56. The van der Waals surface area contributed by atoms with Crippen LogP contribution in [-0.2, 0) is 12.5 Å². The molecule has 5 nitrogen and oxygen atoms in total. The van der Waals surface area contributed by atoms with E-state index in [-0.39, 0.29) is 29.1 Å². The average molecular weight is 430 g/mol. The fourth-order valence-electron chi connectivity index (χ4n) is 2.53. The zero-order valence-corrected chi connectivity index (χ0v) is 14.2. The SMILES string of the molecule is Cc1cc(Cn2cc(C(F)(F)C(F)(F)F)cc2C(=O)C(F)(F)F)ccc1[N+](=O)[O-]. The molecule has 0 bridgehead atoms. The predicted molar refractivity (Wildman–Crippen MR) is 81.7 cm³/mol. The minimum atomic E-state index is -6.10. The molecule has 2 aromatic rings. The highest BCUT2D eigenvalue weighted by molar-refractivity contribution is 5.99. The molecule has 0 fully saturated rings. The Hall–Kier alpha value is -2.99. The molecule has 1 aromatic carbocycles. The summed E-state index contributed by atoms with van der Waals surface area (Å²) in [5.74, 6) is -8.11. The molecule has 0 aliphatic heterocycles. The van der Waals surface area contributed by atoms with Gasteiger partial charge in [-0.2, -0.15) is 35.1 Å². The summed E-state index contributed by atoms with van der Waals surface area (Å²) in [6.07, 6.45) is -11.5. The van der Waals surface area contributed by atoms with Crippen LogP contribution in [-0.4, -0.2) is 27.6 Å². The van der Waals surface area contributed by atoms with Gasteiger partial charge < -0.3 is 4.57 Å². The zero-order valence-electron chi connectivity index (χ0n) is 14.2. The maximum Gasteiger partial charge on any atom is 0.458 e. The van der Waals surface area contributed by atoms with Crippen LogP contribution in [0.3, 0.4) is 0 Å². The first-order chi connectivity index (χ1) is 13.1. The minimum absolute atomic E-state index is 0.0433. The third-order valence-corrected chi connectivity index (χ3v) is 3.92. The van der Waals surface area contributed by atoms with E-state index in [1.807, 2.05) is 0 Å². The molecular formula is C16H10F8N2O3. The van der Waals surface area contributed by atoms with E-state index in [1.54, 1.807) is 0 Å². The number of Topliss-reactive ketones (excluding diaryl/α,β-unsaturated/α-hetero) is 1. The Kier molecular flexibility index (Phi) is 5.47. The number of aromatic nitrogens is 1. The Morgan fingerprint density at radius 2 is 1.66 bits per heavy atom. The van der Waals surface area contributed by atoms with Crippen molar-refractivity contribution >= 4 is 11.5 Å². The molecule has 2 rings (SSSR count). The number of rotatable bonds is 5. The lowest BCUT2D eigenvalue weighted by molar-refractivity contribution is -0.385. The van der Waals surface area contributed by atoms with E-state index < -0.39 is 46.8 Å². The summed E-state index contributed by atoms with van der Waals surface area (Å²) in [4.78, 5) is 21.6. The lowest BCUT2D eigenvalue weighted by Gasteiger charge is -2.18. The van der Waals surface area contributed by atoms with Gasteiger partial charge in [-0.3, -0.25) is 14.9 Å². The van der Waals surface area contributed by atoms with Gasteiger partial charge in [0.25, 0.3) is 11.5 Å². The molecule has 1 aromatic heterocycles. The minimum Gasteiger partial charge on any atom is -0.340 e. The number of carbonyl (C=O) groups excluding carboxylic acids is 1. The molecule has 0 aliphatic carbocycles. The Morgan fingerprint density at radius 3 is 2.10 bits per heavy atom. The predicted octanol–water partition coefficient (Wildman–Crippen LogP) is 5.15. The normalized spacial score (nSPS) is 12.9. The number of alkyl halides is 8. The molecular weight excluding hydrogens is 420 g/mol. The van der Waals surface area contributed by atoms with Crippen molar-refractivity contribution in [2.45, 2.75) is 31.7 Å². The van der Waals surface area contributed by atoms with Gasteiger partial charge in [-0.25, -0.2) is 0 Å². The van der Waals surface area contributed by atoms with Crippen LogP contribution in [0.4, 0.5) is 40.8 Å². The quantitative estimate of drug-likeness (QED) is 0.285. The monoisotopic (exact) mass is 430 g/mol. The number of carbonyl (C=O) groups is 1. The molecule has 0 spiro atoms. The molecule has 0 aliphatic rings. The molecule has 13 heteroatoms. The second-order valence-electron chi connectivity index (χ2n) is 6.02. The van der Waals surface area contributed by atoms with Crippen LogP contribution in [0.25, 0.3) is 0 Å². The largest absolute Gasteiger partial charge is 0.458 e. The van der Waals surface area contributed by atoms with Crippen molar-refractivity contribution in [3.8, 4) is 0 Å². The number of hydrogen-bond donors (Lipinski definition) is 0. The Morgan fingerprint density at radius 1 is 1.07 bits per heavy atom. The molecule has 158 valence electrons. The van der Waals surface area contributed by atoms with Gasteiger partial charge in [0.1, 0.15) is 0 Å². The number of aryl methyl sites for hydroxylation is 1. The number of benzene rings is 1. The van der Waals surface area contributed by atoms with Gasteiger partial charge >= 0.3 is 18.3 Å². The van der Waals surface area contributed by atoms with E-state index in [9.17, 15) is 50.0 Å². The first kappa shape index (κ1) is 22.3. The van der Waals surface area contributed by atoms with Gasteiger partial charge in [-0.05, 0) is 24.6 Å². The summed E-state index contributed by atoms with van der Waals surface area (Å²) in [5, 5.41) is 10.8. The highest BCUT2D eigenvalue weighted by atomic mass is 19.4. The second-order valence-corrected chi connectivity index (χ2v) is 6.02. The molecule has 0 unspecified atom stereocenters. The summed E-state index contributed by atoms with van der Waals surface area (Å²) in [6, 6.07) is 3.04. The van der Waals surface area contributed by atoms with Crippen LogP contribution in [0.2, 0.25) is 0 Å². The van der Waals surface area contributed by atoms with Gasteiger partial charge in [0.05, 0.1) is 10.6 Å². The Balaban J connectivity index is 2.56. The summed E-state index contributed by atoms with van der Waals surface area (Å²) >= 11 is 0. The lowest BCUT2D eigenvalue weighted by atomic mass is 10.1. The fourth-order valence-corrected chi connectivity index (χ4v) is 2.53. The number of hydrogen-bond acceptors (Lipinski definition) is 3. The number of ketones is 1. The number of nitro benzene ring substituents is 1. The standard InChI is InChI=1S/C16H10F8N2O3/c1-8-4-9(2-3-11(8)26(28)29)6-25-7-10(14(17,18)16(22,23)24)5-12(25)13(27)15(19,20)21/h2-5,7H,6H2,1H3. The molecule has 0 saturated heterocycles. The van der Waals surface area contributed by atoms with E-state index in [0.717, 1.165) is 18.2 Å². The van der Waals surface area contributed by atoms with E-state index in [0.29, 0.717) is 4.57 Å². The molecule has 29 heavy (non-hydrogen) atoms. The van der Waals surface area contributed by atoms with Crippen LogP contribution in [0.15, 0.2) is 30.5 Å². The molecule has 0 radical (unpaired) electrons. The average Bonchev–Trinajstić information content (AvgIpc) is 2.96. The highest BCUT2D eigenvalue weighted by Crippen LogP contribution is 2.44. The molecule has 0 atom stereocenters. The van der Waals surface area contributed by atoms with Gasteiger partial charge in [0.2, 0.25) is 0 Å². The van der Waals surface area contributed by atoms with Crippen LogP contribution in [0, 0.1) is 17.0 Å². The smallest absolute Gasteiger partial charge is 0.340 e. The maximum absolute atomic E-state index is 13.6. The van der Waals surface area contributed by atoms with Crippen molar-refractivity contribution in [2.75, 3.05) is 0 Å². The first-order valence-corrected chi connectivity index (χ1v) is 7.56. The summed E-state index contributed by atoms with van der Waals surface area (Å²) in [6.45, 7) is 0.590. The van der Waals surface area contributed by atoms with E-state index >= 15 is 0 Å². The van der Waals surface area contributed by atoms with Gasteiger partial charge in [-0.1, -0.05) is 6.07 Å². The number of nitrogens with zero attached hydrogens (tertiary/aromatic N) is 2. The Labute approximate surface area is 156 Å². The molecule has 0 saturated carbocycles. The van der Waals surface area contributed by atoms with Gasteiger partial charge in [-0.15, -0.1) is 0 Å². The summed E-state index contributed by atoms with van der Waals surface area (Å²) in [5.41, 5.74) is -3.48. The number of halogens is 8. The van der Waals surface area contributed by atoms with Gasteiger partial charge in [0.15, 0.2) is 0 Å². The third kappa shape index (κ3) is 4.38. The van der Waals surface area contributed by atoms with E-state index in [2.05, 4.69) is 0 Å². The summed E-state index contributed by atoms with van der Waals surface area (Å²) in [7, 11) is 0. The van der Waals surface area contributed by atoms with Crippen LogP contribution in [0.1, 0.15) is 27.2 Å². The van der Waals surface area contributed by atoms with Crippen LogP contribution < -0.4 is 0 Å². The Bertz CT molecular complexity index is 960. The molecule has 0 amide bonds. The molecule has 1 heterocycles. The second kappa shape index (κ2) is 7.12. The van der Waals surface area contributed by atoms with Crippen LogP contribution in [0.5, 0.6) is 0 Å². The van der Waals surface area contributed by atoms with Crippen molar-refractivity contribution < 1.29 is 44.8 Å². The van der Waals surface area contributed by atoms with E-state index in [1.165, 1.54) is 6.92 Å². The fraction of sp³-hybridized carbons (Fsp3) is 0.312. The lowest BCUT2D eigenvalue weighted by Crippen LogP contribution is -2.33. The van der Waals surface area contributed by atoms with Crippen molar-refractivity contribution in [1.82, 2.24) is 4.57 Å². The number of nitro groups is 1. The third-order valence-electron chi connectivity index (χ3n) is 3.92. The zero-order chi connectivity index (χ0) is 22.4. The van der Waals surface area contributed by atoms with Crippen molar-refractivity contribution in [3.05, 3.63) is 63.0 Å². The van der Waals surface area contributed by atoms with E-state index in [4.69, 9.17) is 0 Å².